The first-order valence-corrected chi connectivity index (χ1v) is 9.80. The van der Waals surface area contributed by atoms with Gasteiger partial charge in [0.15, 0.2) is 5.78 Å². The molecule has 0 spiro atoms. The fourth-order valence-corrected chi connectivity index (χ4v) is 4.01. The SMILES string of the molecule is Cc1ccc2c(c1)C(=O)C1CN(CC(=O)Nc3cccc(Cl)c3C)CCC1=N2. The summed E-state index contributed by atoms with van der Waals surface area (Å²) in [6.45, 7) is 5.33. The lowest BCUT2D eigenvalue weighted by molar-refractivity contribution is -0.117. The van der Waals surface area contributed by atoms with E-state index in [1.54, 1.807) is 6.07 Å². The van der Waals surface area contributed by atoms with Crippen LogP contribution in [0, 0.1) is 19.8 Å². The fraction of sp³-hybridized carbons (Fsp3) is 0.318. The van der Waals surface area contributed by atoms with E-state index in [0.29, 0.717) is 30.1 Å². The first kappa shape index (κ1) is 18.8. The van der Waals surface area contributed by atoms with Gasteiger partial charge in [-0.3, -0.25) is 19.5 Å². The van der Waals surface area contributed by atoms with Crippen molar-refractivity contribution in [3.8, 4) is 0 Å². The molecule has 0 aromatic heterocycles. The quantitative estimate of drug-likeness (QED) is 0.847. The van der Waals surface area contributed by atoms with Crippen LogP contribution in [-0.4, -0.2) is 41.9 Å². The first-order chi connectivity index (χ1) is 13.4. The molecule has 6 heteroatoms. The van der Waals surface area contributed by atoms with E-state index in [1.807, 2.05) is 49.1 Å². The van der Waals surface area contributed by atoms with E-state index in [-0.39, 0.29) is 24.2 Å². The minimum atomic E-state index is -0.260. The van der Waals surface area contributed by atoms with Gasteiger partial charge >= 0.3 is 0 Å². The van der Waals surface area contributed by atoms with E-state index in [9.17, 15) is 9.59 Å². The van der Waals surface area contributed by atoms with E-state index in [0.717, 1.165) is 28.2 Å². The molecule has 2 aliphatic rings. The van der Waals surface area contributed by atoms with Crippen LogP contribution >= 0.6 is 11.6 Å². The van der Waals surface area contributed by atoms with E-state index >= 15 is 0 Å². The molecule has 5 nitrogen and oxygen atoms in total. The molecule has 144 valence electrons. The normalized spacial score (nSPS) is 18.9. The standard InChI is InChI=1S/C22H22ClN3O2/c1-13-6-7-19-15(10-13)22(28)16-11-26(9-8-20(16)24-19)12-21(27)25-18-5-3-4-17(23)14(18)2/h3-7,10,16H,8-9,11-12H2,1-2H3,(H,25,27). The number of fused-ring (bicyclic) bond motifs is 2. The lowest BCUT2D eigenvalue weighted by Gasteiger charge is -2.35. The van der Waals surface area contributed by atoms with Crippen LogP contribution in [0.25, 0.3) is 0 Å². The van der Waals surface area contributed by atoms with Crippen LogP contribution in [0.3, 0.4) is 0 Å². The van der Waals surface area contributed by atoms with Crippen molar-refractivity contribution in [2.24, 2.45) is 10.9 Å². The van der Waals surface area contributed by atoms with Gasteiger partial charge in [0, 0.05) is 35.1 Å². The molecule has 28 heavy (non-hydrogen) atoms. The molecule has 4 rings (SSSR count). The summed E-state index contributed by atoms with van der Waals surface area (Å²) >= 11 is 6.12. The van der Waals surface area contributed by atoms with Crippen molar-refractivity contribution < 1.29 is 9.59 Å². The molecule has 1 N–H and O–H groups in total. The second-order valence-corrected chi connectivity index (χ2v) is 7.89. The number of Topliss-reactive ketones (excluding diaryl/α,β-unsaturated/α-hetero) is 1. The van der Waals surface area contributed by atoms with Crippen LogP contribution in [0.5, 0.6) is 0 Å². The van der Waals surface area contributed by atoms with E-state index < -0.39 is 0 Å². The summed E-state index contributed by atoms with van der Waals surface area (Å²) in [7, 11) is 0. The number of nitrogens with zero attached hydrogens (tertiary/aromatic N) is 2. The average molecular weight is 396 g/mol. The van der Waals surface area contributed by atoms with Gasteiger partial charge in [0.1, 0.15) is 0 Å². The third kappa shape index (κ3) is 3.60. The zero-order valence-electron chi connectivity index (χ0n) is 16.0. The second kappa shape index (κ2) is 7.49. The van der Waals surface area contributed by atoms with Gasteiger partial charge in [-0.15, -0.1) is 0 Å². The first-order valence-electron chi connectivity index (χ1n) is 9.42. The number of aryl methyl sites for hydroxylation is 1. The minimum Gasteiger partial charge on any atom is -0.325 e. The Morgan fingerprint density at radius 1 is 1.29 bits per heavy atom. The van der Waals surface area contributed by atoms with Crippen molar-refractivity contribution in [1.82, 2.24) is 4.90 Å². The smallest absolute Gasteiger partial charge is 0.238 e. The van der Waals surface area contributed by atoms with Crippen molar-refractivity contribution in [2.45, 2.75) is 20.3 Å². The minimum absolute atomic E-state index is 0.106. The van der Waals surface area contributed by atoms with Crippen LogP contribution in [-0.2, 0) is 4.79 Å². The number of piperidine rings is 1. The zero-order valence-corrected chi connectivity index (χ0v) is 16.7. The fourth-order valence-electron chi connectivity index (χ4n) is 3.84. The van der Waals surface area contributed by atoms with E-state index in [1.165, 1.54) is 0 Å². The number of anilines is 1. The number of ketones is 1. The summed E-state index contributed by atoms with van der Waals surface area (Å²) in [6.07, 6.45) is 0.702. The number of halogens is 1. The highest BCUT2D eigenvalue weighted by Crippen LogP contribution is 2.32. The monoisotopic (exact) mass is 395 g/mol. The predicted octanol–water partition coefficient (Wildman–Crippen LogP) is 4.19. The summed E-state index contributed by atoms with van der Waals surface area (Å²) in [4.78, 5) is 32.2. The summed E-state index contributed by atoms with van der Waals surface area (Å²) in [5, 5.41) is 3.55. The molecule has 2 heterocycles. The molecule has 0 saturated carbocycles. The Morgan fingerprint density at radius 2 is 2.11 bits per heavy atom. The van der Waals surface area contributed by atoms with Crippen molar-refractivity contribution >= 4 is 40.4 Å². The molecule has 2 aromatic carbocycles. The third-order valence-electron chi connectivity index (χ3n) is 5.43. The number of likely N-dealkylation sites (tertiary alicyclic amines) is 1. The molecular formula is C22H22ClN3O2. The predicted molar refractivity (Wildman–Crippen MR) is 112 cm³/mol. The van der Waals surface area contributed by atoms with Crippen molar-refractivity contribution in [3.63, 3.8) is 0 Å². The van der Waals surface area contributed by atoms with Crippen LogP contribution in [0.1, 0.15) is 27.9 Å². The Bertz CT molecular complexity index is 999. The molecule has 0 aliphatic carbocycles. The Kier molecular flexibility index (Phi) is 5.04. The Balaban J connectivity index is 1.45. The van der Waals surface area contributed by atoms with Crippen LogP contribution < -0.4 is 5.32 Å². The van der Waals surface area contributed by atoms with Crippen molar-refractivity contribution in [2.75, 3.05) is 25.0 Å². The number of amides is 1. The van der Waals surface area contributed by atoms with Crippen LogP contribution in [0.15, 0.2) is 41.4 Å². The zero-order chi connectivity index (χ0) is 19.8. The molecule has 1 amide bonds. The third-order valence-corrected chi connectivity index (χ3v) is 5.84. The summed E-state index contributed by atoms with van der Waals surface area (Å²) < 4.78 is 0. The van der Waals surface area contributed by atoms with Gasteiger partial charge in [0.25, 0.3) is 0 Å². The number of carbonyl (C=O) groups is 2. The van der Waals surface area contributed by atoms with Crippen molar-refractivity contribution in [3.05, 3.63) is 58.1 Å². The summed E-state index contributed by atoms with van der Waals surface area (Å²) in [5.41, 5.74) is 5.01. The van der Waals surface area contributed by atoms with Gasteiger partial charge in [-0.2, -0.15) is 0 Å². The molecule has 1 saturated heterocycles. The molecular weight excluding hydrogens is 374 g/mol. The Morgan fingerprint density at radius 3 is 2.93 bits per heavy atom. The molecule has 1 unspecified atom stereocenters. The topological polar surface area (TPSA) is 61.8 Å². The Labute approximate surface area is 169 Å². The lowest BCUT2D eigenvalue weighted by Crippen LogP contribution is -2.47. The molecule has 2 aliphatic heterocycles. The number of hydrogen-bond donors (Lipinski definition) is 1. The molecule has 2 aromatic rings. The molecule has 1 atom stereocenters. The van der Waals surface area contributed by atoms with Gasteiger partial charge in [-0.1, -0.05) is 29.3 Å². The highest BCUT2D eigenvalue weighted by atomic mass is 35.5. The maximum Gasteiger partial charge on any atom is 0.238 e. The largest absolute Gasteiger partial charge is 0.325 e. The van der Waals surface area contributed by atoms with Crippen LogP contribution in [0.4, 0.5) is 11.4 Å². The van der Waals surface area contributed by atoms with Gasteiger partial charge < -0.3 is 5.32 Å². The number of hydrogen-bond acceptors (Lipinski definition) is 4. The van der Waals surface area contributed by atoms with E-state index in [4.69, 9.17) is 16.6 Å². The van der Waals surface area contributed by atoms with Gasteiger partial charge in [-0.05, 0) is 50.1 Å². The molecule has 0 bridgehead atoms. The highest BCUT2D eigenvalue weighted by Gasteiger charge is 2.36. The lowest BCUT2D eigenvalue weighted by atomic mass is 9.84. The number of benzene rings is 2. The summed E-state index contributed by atoms with van der Waals surface area (Å²) in [6, 6.07) is 11.3. The average Bonchev–Trinajstić information content (AvgIpc) is 2.67. The molecule has 0 radical (unpaired) electrons. The maximum absolute atomic E-state index is 13.0. The number of rotatable bonds is 3. The van der Waals surface area contributed by atoms with Gasteiger partial charge in [0.05, 0.1) is 18.2 Å². The van der Waals surface area contributed by atoms with Gasteiger partial charge in [0.2, 0.25) is 5.91 Å². The number of aliphatic imine (C=N–C) groups is 1. The Hall–Kier alpha value is -2.50. The second-order valence-electron chi connectivity index (χ2n) is 7.49. The number of nitrogens with one attached hydrogen (secondary N) is 1. The molecule has 1 fully saturated rings. The summed E-state index contributed by atoms with van der Waals surface area (Å²) in [5.74, 6) is -0.256. The van der Waals surface area contributed by atoms with E-state index in [2.05, 4.69) is 5.32 Å². The van der Waals surface area contributed by atoms with Crippen molar-refractivity contribution in [1.29, 1.82) is 0 Å². The maximum atomic E-state index is 13.0. The highest BCUT2D eigenvalue weighted by molar-refractivity contribution is 6.31. The van der Waals surface area contributed by atoms with Gasteiger partial charge in [-0.25, -0.2) is 0 Å². The number of carbonyl (C=O) groups excluding carboxylic acids is 2. The van der Waals surface area contributed by atoms with Crippen LogP contribution in [0.2, 0.25) is 5.02 Å².